The van der Waals surface area contributed by atoms with Crippen LogP contribution in [0.5, 0.6) is 0 Å². The van der Waals surface area contributed by atoms with Gasteiger partial charge in [0.15, 0.2) is 0 Å². The normalized spacial score (nSPS) is 20.3. The molecule has 0 atom stereocenters. The molecule has 1 N–H and O–H groups in total. The first-order valence-corrected chi connectivity index (χ1v) is 8.58. The van der Waals surface area contributed by atoms with Crippen LogP contribution in [-0.4, -0.2) is 60.4 Å². The Morgan fingerprint density at radius 1 is 1.09 bits per heavy atom. The highest BCUT2D eigenvalue weighted by Gasteiger charge is 2.24. The molecule has 1 saturated carbocycles. The number of benzene rings is 1. The summed E-state index contributed by atoms with van der Waals surface area (Å²) < 4.78 is 5.39. The number of ether oxygens (including phenoxy) is 1. The maximum atomic E-state index is 9.25. The number of aliphatic hydroxyl groups is 1. The molecule has 0 unspecified atom stereocenters. The third-order valence-electron chi connectivity index (χ3n) is 4.90. The molecule has 3 rings (SSSR count). The van der Waals surface area contributed by atoms with Crippen LogP contribution in [-0.2, 0) is 17.8 Å². The predicted octanol–water partition coefficient (Wildman–Crippen LogP) is 1.87. The highest BCUT2D eigenvalue weighted by Crippen LogP contribution is 2.26. The van der Waals surface area contributed by atoms with Gasteiger partial charge in [0, 0.05) is 38.8 Å². The lowest BCUT2D eigenvalue weighted by Gasteiger charge is -2.37. The van der Waals surface area contributed by atoms with Gasteiger partial charge in [-0.15, -0.1) is 0 Å². The Morgan fingerprint density at radius 3 is 2.36 bits per heavy atom. The zero-order valence-electron chi connectivity index (χ0n) is 13.4. The van der Waals surface area contributed by atoms with E-state index < -0.39 is 0 Å². The van der Waals surface area contributed by atoms with Gasteiger partial charge in [-0.2, -0.15) is 0 Å². The first-order chi connectivity index (χ1) is 10.8. The van der Waals surface area contributed by atoms with Crippen molar-refractivity contribution in [3.63, 3.8) is 0 Å². The van der Waals surface area contributed by atoms with E-state index in [0.29, 0.717) is 6.04 Å². The molecule has 1 aromatic carbocycles. The number of aliphatic hydroxyl groups excluding tert-OH is 1. The van der Waals surface area contributed by atoms with E-state index in [1.807, 2.05) is 0 Å². The molecule has 22 heavy (non-hydrogen) atoms. The zero-order valence-corrected chi connectivity index (χ0v) is 13.4. The summed E-state index contributed by atoms with van der Waals surface area (Å²) in [5.74, 6) is 0. The van der Waals surface area contributed by atoms with Gasteiger partial charge in [-0.1, -0.05) is 30.7 Å². The van der Waals surface area contributed by atoms with Crippen molar-refractivity contribution in [3.8, 4) is 0 Å². The summed E-state index contributed by atoms with van der Waals surface area (Å²) in [6.45, 7) is 6.81. The van der Waals surface area contributed by atoms with Gasteiger partial charge in [0.2, 0.25) is 0 Å². The maximum Gasteiger partial charge on any atom is 0.0594 e. The summed E-state index contributed by atoms with van der Waals surface area (Å²) in [6.07, 6.45) is 3.91. The second kappa shape index (κ2) is 8.06. The molecule has 1 heterocycles. The molecule has 1 aliphatic heterocycles. The van der Waals surface area contributed by atoms with Gasteiger partial charge in [-0.3, -0.25) is 9.80 Å². The Hall–Kier alpha value is -0.940. The molecular formula is C18H28N2O2. The van der Waals surface area contributed by atoms with Crippen molar-refractivity contribution in [1.29, 1.82) is 0 Å². The van der Waals surface area contributed by atoms with E-state index in [-0.39, 0.29) is 6.61 Å². The Bertz CT molecular complexity index is 439. The highest BCUT2D eigenvalue weighted by atomic mass is 16.5. The molecule has 2 fully saturated rings. The average molecular weight is 304 g/mol. The summed E-state index contributed by atoms with van der Waals surface area (Å²) in [7, 11) is 0. The first kappa shape index (κ1) is 15.9. The summed E-state index contributed by atoms with van der Waals surface area (Å²) in [6, 6.07) is 9.68. The topological polar surface area (TPSA) is 35.9 Å². The van der Waals surface area contributed by atoms with Gasteiger partial charge in [-0.25, -0.2) is 0 Å². The van der Waals surface area contributed by atoms with Crippen molar-refractivity contribution in [2.24, 2.45) is 0 Å². The van der Waals surface area contributed by atoms with Gasteiger partial charge in [0.1, 0.15) is 0 Å². The SMILES string of the molecule is OCCN(Cc1ccc(CN2CCOCC2)cc1)C1CCC1. The molecule has 122 valence electrons. The van der Waals surface area contributed by atoms with E-state index in [1.54, 1.807) is 0 Å². The largest absolute Gasteiger partial charge is 0.395 e. The fourth-order valence-electron chi connectivity index (χ4n) is 3.27. The average Bonchev–Trinajstić information content (AvgIpc) is 2.49. The van der Waals surface area contributed by atoms with E-state index in [2.05, 4.69) is 34.1 Å². The van der Waals surface area contributed by atoms with Crippen molar-refractivity contribution >= 4 is 0 Å². The highest BCUT2D eigenvalue weighted by molar-refractivity contribution is 5.22. The Kier molecular flexibility index (Phi) is 5.84. The zero-order chi connectivity index (χ0) is 15.2. The van der Waals surface area contributed by atoms with Crippen LogP contribution in [0, 0.1) is 0 Å². The first-order valence-electron chi connectivity index (χ1n) is 8.58. The fourth-order valence-corrected chi connectivity index (χ4v) is 3.27. The van der Waals surface area contributed by atoms with Crippen LogP contribution in [0.1, 0.15) is 30.4 Å². The van der Waals surface area contributed by atoms with E-state index in [0.717, 1.165) is 45.9 Å². The molecule has 0 radical (unpaired) electrons. The Labute approximate surface area is 133 Å². The second-order valence-corrected chi connectivity index (χ2v) is 6.48. The maximum absolute atomic E-state index is 9.25. The molecule has 1 aromatic rings. The molecule has 0 bridgehead atoms. The molecule has 4 heteroatoms. The van der Waals surface area contributed by atoms with Crippen LogP contribution in [0.15, 0.2) is 24.3 Å². The lowest BCUT2D eigenvalue weighted by atomic mass is 9.91. The number of rotatable bonds is 7. The quantitative estimate of drug-likeness (QED) is 0.834. The van der Waals surface area contributed by atoms with Crippen molar-refractivity contribution in [3.05, 3.63) is 35.4 Å². The molecule has 0 amide bonds. The summed E-state index contributed by atoms with van der Waals surface area (Å²) in [5, 5.41) is 9.25. The molecule has 4 nitrogen and oxygen atoms in total. The van der Waals surface area contributed by atoms with Gasteiger partial charge in [0.05, 0.1) is 19.8 Å². The lowest BCUT2D eigenvalue weighted by molar-refractivity contribution is 0.0342. The van der Waals surface area contributed by atoms with Crippen LogP contribution >= 0.6 is 0 Å². The smallest absolute Gasteiger partial charge is 0.0594 e. The van der Waals surface area contributed by atoms with Crippen LogP contribution < -0.4 is 0 Å². The van der Waals surface area contributed by atoms with Gasteiger partial charge >= 0.3 is 0 Å². The van der Waals surface area contributed by atoms with Crippen LogP contribution in [0.4, 0.5) is 0 Å². The van der Waals surface area contributed by atoms with Crippen molar-refractivity contribution in [2.45, 2.75) is 38.4 Å². The van der Waals surface area contributed by atoms with Crippen molar-refractivity contribution in [1.82, 2.24) is 9.80 Å². The standard InChI is InChI=1S/C18H28N2O2/c21-11-8-20(18-2-1-3-18)15-17-6-4-16(5-7-17)14-19-9-12-22-13-10-19/h4-7,18,21H,1-3,8-15H2. The molecular weight excluding hydrogens is 276 g/mol. The van der Waals surface area contributed by atoms with Crippen LogP contribution in [0.3, 0.4) is 0 Å². The minimum atomic E-state index is 0.256. The Morgan fingerprint density at radius 2 is 1.77 bits per heavy atom. The molecule has 1 saturated heterocycles. The molecule has 2 aliphatic rings. The van der Waals surface area contributed by atoms with E-state index in [1.165, 1.54) is 30.4 Å². The summed E-state index contributed by atoms with van der Waals surface area (Å²) in [5.41, 5.74) is 2.73. The lowest BCUT2D eigenvalue weighted by Crippen LogP contribution is -2.41. The second-order valence-electron chi connectivity index (χ2n) is 6.48. The minimum Gasteiger partial charge on any atom is -0.395 e. The van der Waals surface area contributed by atoms with E-state index >= 15 is 0 Å². The summed E-state index contributed by atoms with van der Waals surface area (Å²) in [4.78, 5) is 4.88. The van der Waals surface area contributed by atoms with Crippen molar-refractivity contribution in [2.75, 3.05) is 39.5 Å². The number of hydrogen-bond donors (Lipinski definition) is 1. The van der Waals surface area contributed by atoms with Gasteiger partial charge < -0.3 is 9.84 Å². The predicted molar refractivity (Wildman–Crippen MR) is 87.7 cm³/mol. The monoisotopic (exact) mass is 304 g/mol. The summed E-state index contributed by atoms with van der Waals surface area (Å²) >= 11 is 0. The minimum absolute atomic E-state index is 0.256. The van der Waals surface area contributed by atoms with E-state index in [9.17, 15) is 5.11 Å². The van der Waals surface area contributed by atoms with E-state index in [4.69, 9.17) is 4.74 Å². The van der Waals surface area contributed by atoms with Crippen molar-refractivity contribution < 1.29 is 9.84 Å². The third kappa shape index (κ3) is 4.29. The van der Waals surface area contributed by atoms with Crippen LogP contribution in [0.25, 0.3) is 0 Å². The molecule has 0 spiro atoms. The Balaban J connectivity index is 1.53. The number of nitrogens with zero attached hydrogens (tertiary/aromatic N) is 2. The fraction of sp³-hybridized carbons (Fsp3) is 0.667. The van der Waals surface area contributed by atoms with Gasteiger partial charge in [0.25, 0.3) is 0 Å². The number of hydrogen-bond acceptors (Lipinski definition) is 4. The number of morpholine rings is 1. The molecule has 0 aromatic heterocycles. The van der Waals surface area contributed by atoms with Crippen LogP contribution in [0.2, 0.25) is 0 Å². The third-order valence-corrected chi connectivity index (χ3v) is 4.90. The molecule has 1 aliphatic carbocycles. The van der Waals surface area contributed by atoms with Gasteiger partial charge in [-0.05, 0) is 24.0 Å².